The first-order valence-corrected chi connectivity index (χ1v) is 9.57. The molecule has 0 bridgehead atoms. The molecule has 2 aliphatic rings. The first kappa shape index (κ1) is 18.7. The Labute approximate surface area is 155 Å². The van der Waals surface area contributed by atoms with Crippen LogP contribution >= 0.6 is 0 Å². The molecule has 1 aromatic carbocycles. The van der Waals surface area contributed by atoms with Crippen molar-refractivity contribution in [1.29, 1.82) is 0 Å². The van der Waals surface area contributed by atoms with E-state index in [9.17, 15) is 9.59 Å². The molecule has 3 amide bonds. The van der Waals surface area contributed by atoms with Crippen LogP contribution in [0, 0.1) is 5.92 Å². The van der Waals surface area contributed by atoms with Crippen LogP contribution < -0.4 is 5.32 Å². The second-order valence-corrected chi connectivity index (χ2v) is 7.28. The standard InChI is InChI=1S/C20H29N3O3/c1-26-15-17-4-6-18(7-5-17)21-20(25)23-12-8-16(9-13-23)14-19(24)22-10-2-3-11-22/h4-7,16H,2-3,8-15H2,1H3,(H,21,25). The normalized spacial score (nSPS) is 18.2. The molecular formula is C20H29N3O3. The Morgan fingerprint density at radius 2 is 1.69 bits per heavy atom. The van der Waals surface area contributed by atoms with Crippen molar-refractivity contribution < 1.29 is 14.3 Å². The van der Waals surface area contributed by atoms with E-state index in [1.807, 2.05) is 34.1 Å². The van der Waals surface area contributed by atoms with Crippen molar-refractivity contribution in [2.45, 2.75) is 38.7 Å². The number of urea groups is 1. The molecule has 0 unspecified atom stereocenters. The van der Waals surface area contributed by atoms with Gasteiger partial charge in [0.25, 0.3) is 0 Å². The summed E-state index contributed by atoms with van der Waals surface area (Å²) in [6.07, 6.45) is 4.71. The van der Waals surface area contributed by atoms with E-state index in [1.54, 1.807) is 7.11 Å². The first-order chi connectivity index (χ1) is 12.7. The molecule has 0 saturated carbocycles. The molecule has 2 saturated heterocycles. The summed E-state index contributed by atoms with van der Waals surface area (Å²) in [5.74, 6) is 0.696. The minimum absolute atomic E-state index is 0.0613. The number of rotatable bonds is 5. The number of hydrogen-bond acceptors (Lipinski definition) is 3. The summed E-state index contributed by atoms with van der Waals surface area (Å²) in [5, 5.41) is 2.95. The van der Waals surface area contributed by atoms with E-state index in [0.717, 1.165) is 50.0 Å². The lowest BCUT2D eigenvalue weighted by Crippen LogP contribution is -2.42. The molecule has 0 spiro atoms. The van der Waals surface area contributed by atoms with Gasteiger partial charge in [0.1, 0.15) is 0 Å². The largest absolute Gasteiger partial charge is 0.380 e. The Morgan fingerprint density at radius 1 is 1.04 bits per heavy atom. The van der Waals surface area contributed by atoms with E-state index in [1.165, 1.54) is 0 Å². The van der Waals surface area contributed by atoms with Crippen molar-refractivity contribution in [3.63, 3.8) is 0 Å². The highest BCUT2D eigenvalue weighted by Gasteiger charge is 2.27. The highest BCUT2D eigenvalue weighted by atomic mass is 16.5. The van der Waals surface area contributed by atoms with Crippen molar-refractivity contribution in [2.24, 2.45) is 5.92 Å². The van der Waals surface area contributed by atoms with Gasteiger partial charge in [-0.05, 0) is 49.3 Å². The zero-order valence-corrected chi connectivity index (χ0v) is 15.6. The molecule has 2 fully saturated rings. The number of methoxy groups -OCH3 is 1. The summed E-state index contributed by atoms with van der Waals surface area (Å²) in [5.41, 5.74) is 1.87. The number of nitrogens with one attached hydrogen (secondary N) is 1. The third kappa shape index (κ3) is 4.97. The number of piperidine rings is 1. The molecule has 142 valence electrons. The van der Waals surface area contributed by atoms with Crippen LogP contribution in [0.3, 0.4) is 0 Å². The van der Waals surface area contributed by atoms with Crippen LogP contribution in [0.15, 0.2) is 24.3 Å². The molecule has 3 rings (SSSR count). The predicted octanol–water partition coefficient (Wildman–Crippen LogP) is 3.09. The van der Waals surface area contributed by atoms with Gasteiger partial charge in [0.05, 0.1) is 6.61 Å². The molecule has 0 radical (unpaired) electrons. The van der Waals surface area contributed by atoms with Crippen molar-refractivity contribution >= 4 is 17.6 Å². The van der Waals surface area contributed by atoms with E-state index in [2.05, 4.69) is 5.32 Å². The minimum atomic E-state index is -0.0613. The summed E-state index contributed by atoms with van der Waals surface area (Å²) < 4.78 is 5.09. The fourth-order valence-corrected chi connectivity index (χ4v) is 3.74. The molecule has 2 heterocycles. The van der Waals surface area contributed by atoms with E-state index < -0.39 is 0 Å². The Morgan fingerprint density at radius 3 is 2.31 bits per heavy atom. The fourth-order valence-electron chi connectivity index (χ4n) is 3.74. The number of benzene rings is 1. The highest BCUT2D eigenvalue weighted by Crippen LogP contribution is 2.23. The summed E-state index contributed by atoms with van der Waals surface area (Å²) in [6, 6.07) is 7.64. The van der Waals surface area contributed by atoms with Crippen LogP contribution in [0.4, 0.5) is 10.5 Å². The molecule has 6 heteroatoms. The van der Waals surface area contributed by atoms with Gasteiger partial charge in [-0.25, -0.2) is 4.79 Å². The molecule has 0 aromatic heterocycles. The van der Waals surface area contributed by atoms with Gasteiger partial charge in [0.15, 0.2) is 0 Å². The van der Waals surface area contributed by atoms with Gasteiger partial charge in [-0.2, -0.15) is 0 Å². The van der Waals surface area contributed by atoms with Crippen LogP contribution in [0.5, 0.6) is 0 Å². The molecule has 0 atom stereocenters. The first-order valence-electron chi connectivity index (χ1n) is 9.57. The van der Waals surface area contributed by atoms with Crippen molar-refractivity contribution in [2.75, 3.05) is 38.6 Å². The molecular weight excluding hydrogens is 330 g/mol. The van der Waals surface area contributed by atoms with Gasteiger partial charge < -0.3 is 19.9 Å². The molecule has 26 heavy (non-hydrogen) atoms. The van der Waals surface area contributed by atoms with Gasteiger partial charge in [0.2, 0.25) is 5.91 Å². The third-order valence-electron chi connectivity index (χ3n) is 5.34. The van der Waals surface area contributed by atoms with Crippen LogP contribution in [0.2, 0.25) is 0 Å². The molecule has 6 nitrogen and oxygen atoms in total. The Hall–Kier alpha value is -2.08. The van der Waals surface area contributed by atoms with E-state index >= 15 is 0 Å². The summed E-state index contributed by atoms with van der Waals surface area (Å²) in [4.78, 5) is 28.5. The van der Waals surface area contributed by atoms with E-state index in [-0.39, 0.29) is 6.03 Å². The van der Waals surface area contributed by atoms with E-state index in [0.29, 0.717) is 37.9 Å². The molecule has 0 aliphatic carbocycles. The number of anilines is 1. The van der Waals surface area contributed by atoms with Crippen molar-refractivity contribution in [3.8, 4) is 0 Å². The number of likely N-dealkylation sites (tertiary alicyclic amines) is 2. The van der Waals surface area contributed by atoms with Gasteiger partial charge in [0, 0.05) is 45.4 Å². The van der Waals surface area contributed by atoms with Crippen LogP contribution in [0.1, 0.15) is 37.7 Å². The molecule has 1 N–H and O–H groups in total. The quantitative estimate of drug-likeness (QED) is 0.879. The van der Waals surface area contributed by atoms with Crippen molar-refractivity contribution in [1.82, 2.24) is 9.80 Å². The second-order valence-electron chi connectivity index (χ2n) is 7.28. The zero-order chi connectivity index (χ0) is 18.4. The number of amides is 3. The average Bonchev–Trinajstić information content (AvgIpc) is 3.19. The highest BCUT2D eigenvalue weighted by molar-refractivity contribution is 5.89. The minimum Gasteiger partial charge on any atom is -0.380 e. The second kappa shape index (κ2) is 9.03. The monoisotopic (exact) mass is 359 g/mol. The number of carbonyl (C=O) groups is 2. The maximum Gasteiger partial charge on any atom is 0.321 e. The molecule has 1 aromatic rings. The maximum absolute atomic E-state index is 12.4. The van der Waals surface area contributed by atoms with Gasteiger partial charge >= 0.3 is 6.03 Å². The number of nitrogens with zero attached hydrogens (tertiary/aromatic N) is 2. The Kier molecular flexibility index (Phi) is 6.50. The number of ether oxygens (including phenoxy) is 1. The number of carbonyl (C=O) groups excluding carboxylic acids is 2. The van der Waals surface area contributed by atoms with Crippen LogP contribution in [-0.4, -0.2) is 55.0 Å². The Bertz CT molecular complexity index is 603. The van der Waals surface area contributed by atoms with Gasteiger partial charge in [-0.3, -0.25) is 4.79 Å². The summed E-state index contributed by atoms with van der Waals surface area (Å²) in [7, 11) is 1.66. The molecule has 2 aliphatic heterocycles. The van der Waals surface area contributed by atoms with Gasteiger partial charge in [-0.15, -0.1) is 0 Å². The predicted molar refractivity (Wildman–Crippen MR) is 101 cm³/mol. The lowest BCUT2D eigenvalue weighted by molar-refractivity contribution is -0.131. The van der Waals surface area contributed by atoms with Gasteiger partial charge in [-0.1, -0.05) is 12.1 Å². The Balaban J connectivity index is 1.42. The fraction of sp³-hybridized carbons (Fsp3) is 0.600. The number of hydrogen-bond donors (Lipinski definition) is 1. The van der Waals surface area contributed by atoms with Crippen LogP contribution in [0.25, 0.3) is 0 Å². The lowest BCUT2D eigenvalue weighted by Gasteiger charge is -2.32. The summed E-state index contributed by atoms with van der Waals surface area (Å²) >= 11 is 0. The third-order valence-corrected chi connectivity index (χ3v) is 5.34. The van der Waals surface area contributed by atoms with Crippen LogP contribution in [-0.2, 0) is 16.1 Å². The lowest BCUT2D eigenvalue weighted by atomic mass is 9.93. The summed E-state index contributed by atoms with van der Waals surface area (Å²) in [6.45, 7) is 3.83. The SMILES string of the molecule is COCc1ccc(NC(=O)N2CCC(CC(=O)N3CCCC3)CC2)cc1. The topological polar surface area (TPSA) is 61.9 Å². The van der Waals surface area contributed by atoms with Crippen molar-refractivity contribution in [3.05, 3.63) is 29.8 Å². The maximum atomic E-state index is 12.4. The smallest absolute Gasteiger partial charge is 0.321 e. The zero-order valence-electron chi connectivity index (χ0n) is 15.6. The average molecular weight is 359 g/mol. The van der Waals surface area contributed by atoms with E-state index in [4.69, 9.17) is 4.74 Å².